The third-order valence-electron chi connectivity index (χ3n) is 5.81. The van der Waals surface area contributed by atoms with E-state index in [4.69, 9.17) is 8.83 Å². The van der Waals surface area contributed by atoms with Crippen LogP contribution in [0.1, 0.15) is 44.0 Å². The van der Waals surface area contributed by atoms with Crippen LogP contribution >= 0.6 is 0 Å². The van der Waals surface area contributed by atoms with Crippen molar-refractivity contribution in [1.82, 2.24) is 9.88 Å². The highest BCUT2D eigenvalue weighted by molar-refractivity contribution is 5.76. The first-order valence-corrected chi connectivity index (χ1v) is 10.9. The van der Waals surface area contributed by atoms with E-state index in [-0.39, 0.29) is 22.9 Å². The molecule has 0 atom stereocenters. The van der Waals surface area contributed by atoms with E-state index in [1.54, 1.807) is 12.1 Å². The Morgan fingerprint density at radius 1 is 1.12 bits per heavy atom. The molecule has 7 nitrogen and oxygen atoms in total. The first-order valence-electron chi connectivity index (χ1n) is 10.9. The van der Waals surface area contributed by atoms with Gasteiger partial charge in [0.1, 0.15) is 6.07 Å². The summed E-state index contributed by atoms with van der Waals surface area (Å²) in [6.07, 6.45) is 2.76. The molecule has 7 heteroatoms. The summed E-state index contributed by atoms with van der Waals surface area (Å²) in [5, 5.41) is 9.45. The van der Waals surface area contributed by atoms with Gasteiger partial charge in [0.15, 0.2) is 5.76 Å². The number of oxazole rings is 1. The molecule has 166 valence electrons. The molecule has 1 saturated heterocycles. The molecule has 0 bridgehead atoms. The molecule has 0 saturated carbocycles. The van der Waals surface area contributed by atoms with Gasteiger partial charge in [-0.2, -0.15) is 10.2 Å². The van der Waals surface area contributed by atoms with Gasteiger partial charge in [0, 0.05) is 32.6 Å². The minimum Gasteiger partial charge on any atom is -0.459 e. The van der Waals surface area contributed by atoms with E-state index in [1.807, 2.05) is 9.80 Å². The predicted molar refractivity (Wildman–Crippen MR) is 121 cm³/mol. The van der Waals surface area contributed by atoms with Crippen LogP contribution < -0.4 is 4.90 Å². The molecule has 1 aliphatic heterocycles. The Balaban J connectivity index is 1.32. The Morgan fingerprint density at radius 3 is 2.44 bits per heavy atom. The Bertz CT molecular complexity index is 1090. The number of rotatable bonds is 5. The minimum absolute atomic E-state index is 0.127. The van der Waals surface area contributed by atoms with Crippen LogP contribution in [0.5, 0.6) is 0 Å². The van der Waals surface area contributed by atoms with Crippen molar-refractivity contribution in [1.29, 1.82) is 5.26 Å². The van der Waals surface area contributed by atoms with Gasteiger partial charge >= 0.3 is 0 Å². The highest BCUT2D eigenvalue weighted by atomic mass is 16.4. The average Bonchev–Trinajstić information content (AvgIpc) is 3.47. The van der Waals surface area contributed by atoms with Crippen molar-refractivity contribution in [2.45, 2.75) is 39.0 Å². The fourth-order valence-electron chi connectivity index (χ4n) is 3.84. The maximum absolute atomic E-state index is 12.7. The van der Waals surface area contributed by atoms with E-state index in [1.165, 1.54) is 17.4 Å². The van der Waals surface area contributed by atoms with Crippen molar-refractivity contribution in [2.24, 2.45) is 0 Å². The summed E-state index contributed by atoms with van der Waals surface area (Å²) in [5.41, 5.74) is 2.83. The monoisotopic (exact) mass is 432 g/mol. The molecule has 0 radical (unpaired) electrons. The molecule has 0 spiro atoms. The molecule has 0 unspecified atom stereocenters. The molecule has 4 rings (SSSR count). The average molecular weight is 433 g/mol. The highest BCUT2D eigenvalue weighted by Crippen LogP contribution is 2.29. The smallest absolute Gasteiger partial charge is 0.266 e. The van der Waals surface area contributed by atoms with E-state index in [0.29, 0.717) is 44.2 Å². The number of nitrogens with zero attached hydrogens (tertiary/aromatic N) is 4. The Hall–Kier alpha value is -3.53. The number of anilines is 1. The summed E-state index contributed by atoms with van der Waals surface area (Å²) >= 11 is 0. The summed E-state index contributed by atoms with van der Waals surface area (Å²) in [6.45, 7) is 8.94. The summed E-state index contributed by atoms with van der Waals surface area (Å²) in [7, 11) is 0. The Morgan fingerprint density at radius 2 is 1.84 bits per heavy atom. The third kappa shape index (κ3) is 4.70. The molecule has 1 fully saturated rings. The largest absolute Gasteiger partial charge is 0.459 e. The molecule has 0 N–H and O–H groups in total. The summed E-state index contributed by atoms with van der Waals surface area (Å²) in [5.74, 6) is 1.36. The van der Waals surface area contributed by atoms with Gasteiger partial charge in [0.25, 0.3) is 5.89 Å². The first kappa shape index (κ1) is 21.7. The van der Waals surface area contributed by atoms with Crippen molar-refractivity contribution in [3.05, 3.63) is 59.5 Å². The number of aromatic nitrogens is 1. The zero-order valence-electron chi connectivity index (χ0n) is 18.8. The summed E-state index contributed by atoms with van der Waals surface area (Å²) in [4.78, 5) is 20.8. The van der Waals surface area contributed by atoms with Gasteiger partial charge in [-0.05, 0) is 35.1 Å². The molecule has 1 aliphatic rings. The van der Waals surface area contributed by atoms with Crippen LogP contribution in [0.2, 0.25) is 0 Å². The normalized spacial score (nSPS) is 14.4. The van der Waals surface area contributed by atoms with Crippen LogP contribution in [0.4, 0.5) is 5.88 Å². The first-order chi connectivity index (χ1) is 15.3. The van der Waals surface area contributed by atoms with E-state index in [9.17, 15) is 10.1 Å². The third-order valence-corrected chi connectivity index (χ3v) is 5.81. The van der Waals surface area contributed by atoms with Crippen LogP contribution in [0.25, 0.3) is 11.7 Å². The lowest BCUT2D eigenvalue weighted by Crippen LogP contribution is -2.49. The summed E-state index contributed by atoms with van der Waals surface area (Å²) in [6, 6.07) is 14.1. The van der Waals surface area contributed by atoms with Crippen LogP contribution in [0.15, 0.2) is 51.5 Å². The van der Waals surface area contributed by atoms with Gasteiger partial charge in [-0.3, -0.25) is 4.79 Å². The number of hydrogen-bond acceptors (Lipinski definition) is 6. The maximum atomic E-state index is 12.7. The lowest BCUT2D eigenvalue weighted by Gasteiger charge is -2.34. The van der Waals surface area contributed by atoms with Crippen molar-refractivity contribution in [2.75, 3.05) is 31.1 Å². The van der Waals surface area contributed by atoms with Crippen LogP contribution in [0.3, 0.4) is 0 Å². The maximum Gasteiger partial charge on any atom is 0.266 e. The van der Waals surface area contributed by atoms with E-state index in [2.05, 4.69) is 56.1 Å². The quantitative estimate of drug-likeness (QED) is 0.594. The van der Waals surface area contributed by atoms with E-state index >= 15 is 0 Å². The van der Waals surface area contributed by atoms with Crippen LogP contribution in [-0.2, 0) is 16.6 Å². The standard InChI is InChI=1S/C25H28N4O3/c1-25(2,3)19-9-6-18(7-10-19)8-11-22(30)28-12-14-29(15-13-28)24-20(17-26)27-23(32-24)21-5-4-16-31-21/h4-7,9-10,16H,8,11-15H2,1-3H3. The number of hydrogen-bond donors (Lipinski definition) is 0. The molecule has 32 heavy (non-hydrogen) atoms. The molecule has 0 aliphatic carbocycles. The van der Waals surface area contributed by atoms with Crippen LogP contribution in [0, 0.1) is 11.3 Å². The molecule has 3 heterocycles. The van der Waals surface area contributed by atoms with Gasteiger partial charge in [0.05, 0.1) is 6.26 Å². The van der Waals surface area contributed by atoms with Gasteiger partial charge in [-0.25, -0.2) is 0 Å². The van der Waals surface area contributed by atoms with E-state index < -0.39 is 0 Å². The highest BCUT2D eigenvalue weighted by Gasteiger charge is 2.27. The zero-order valence-corrected chi connectivity index (χ0v) is 18.8. The van der Waals surface area contributed by atoms with Gasteiger partial charge in [0.2, 0.25) is 17.5 Å². The number of amides is 1. The van der Waals surface area contributed by atoms with Crippen LogP contribution in [-0.4, -0.2) is 42.0 Å². The lowest BCUT2D eigenvalue weighted by molar-refractivity contribution is -0.131. The second-order valence-electron chi connectivity index (χ2n) is 9.08. The topological polar surface area (TPSA) is 86.5 Å². The fraction of sp³-hybridized carbons (Fsp3) is 0.400. The van der Waals surface area contributed by atoms with Gasteiger partial charge < -0.3 is 18.6 Å². The number of carbonyl (C=O) groups is 1. The van der Waals surface area contributed by atoms with Crippen molar-refractivity contribution >= 4 is 11.8 Å². The molecular formula is C25H28N4O3. The summed E-state index contributed by atoms with van der Waals surface area (Å²) < 4.78 is 11.1. The van der Waals surface area contributed by atoms with Crippen molar-refractivity contribution in [3.8, 4) is 17.7 Å². The Labute approximate surface area is 188 Å². The number of benzene rings is 1. The zero-order chi connectivity index (χ0) is 22.7. The van der Waals surface area contributed by atoms with Crippen molar-refractivity contribution in [3.63, 3.8) is 0 Å². The fourth-order valence-corrected chi connectivity index (χ4v) is 3.84. The molecule has 1 amide bonds. The number of nitriles is 1. The van der Waals surface area contributed by atoms with Gasteiger partial charge in [-0.1, -0.05) is 45.0 Å². The molecule has 2 aromatic heterocycles. The molecule has 3 aromatic rings. The SMILES string of the molecule is CC(C)(C)c1ccc(CCC(=O)N2CCN(c3oc(-c4ccco4)nc3C#N)CC2)cc1. The predicted octanol–water partition coefficient (Wildman–Crippen LogP) is 4.39. The number of aryl methyl sites for hydroxylation is 1. The van der Waals surface area contributed by atoms with E-state index in [0.717, 1.165) is 6.42 Å². The number of carbonyl (C=O) groups excluding carboxylic acids is 1. The number of piperazine rings is 1. The second-order valence-corrected chi connectivity index (χ2v) is 9.08. The molecule has 1 aromatic carbocycles. The number of furan rings is 1. The second kappa shape index (κ2) is 8.91. The lowest BCUT2D eigenvalue weighted by atomic mass is 9.86. The molecular weight excluding hydrogens is 404 g/mol. The Kier molecular flexibility index (Phi) is 6.04. The van der Waals surface area contributed by atoms with Crippen molar-refractivity contribution < 1.29 is 13.6 Å². The minimum atomic E-state index is 0.127. The van der Waals surface area contributed by atoms with Gasteiger partial charge in [-0.15, -0.1) is 0 Å².